The molecule has 1 aromatic carbocycles. The standard InChI is InChI=1S/C19H23N7O2/c27-18-5-3-8-21-26(18)11-10-25-9-2-1-4-15(25)13-20-19(28)14-6-7-16-17(12-14)23-24-22-16/h3,5-8,12,15H,1-2,4,9-11,13H2,(H,20,28)(H,22,23,24). The summed E-state index contributed by atoms with van der Waals surface area (Å²) in [4.78, 5) is 26.7. The molecule has 1 aliphatic rings. The second-order valence-corrected chi connectivity index (χ2v) is 7.01. The third kappa shape index (κ3) is 4.09. The molecule has 0 radical (unpaired) electrons. The number of benzene rings is 1. The van der Waals surface area contributed by atoms with Crippen LogP contribution in [0.25, 0.3) is 11.0 Å². The molecule has 0 spiro atoms. The zero-order chi connectivity index (χ0) is 19.3. The van der Waals surface area contributed by atoms with Gasteiger partial charge in [0.2, 0.25) is 0 Å². The van der Waals surface area contributed by atoms with E-state index in [1.807, 2.05) is 0 Å². The van der Waals surface area contributed by atoms with Crippen molar-refractivity contribution in [2.75, 3.05) is 19.6 Å². The predicted octanol–water partition coefficient (Wildman–Crippen LogP) is 0.799. The highest BCUT2D eigenvalue weighted by atomic mass is 16.1. The number of fused-ring (bicyclic) bond motifs is 1. The van der Waals surface area contributed by atoms with Crippen molar-refractivity contribution in [2.24, 2.45) is 0 Å². The fraction of sp³-hybridized carbons (Fsp3) is 0.421. The number of carbonyl (C=O) groups excluding carboxylic acids is 1. The summed E-state index contributed by atoms with van der Waals surface area (Å²) >= 11 is 0. The molecule has 1 atom stereocenters. The Morgan fingerprint density at radius 1 is 1.18 bits per heavy atom. The lowest BCUT2D eigenvalue weighted by Gasteiger charge is -2.35. The SMILES string of the molecule is O=C(NCC1CCCCN1CCn1ncccc1=O)c1ccc2n[nH]nc2c1. The minimum atomic E-state index is -0.114. The molecule has 1 fully saturated rings. The Bertz CT molecular complexity index is 1010. The number of amides is 1. The van der Waals surface area contributed by atoms with Crippen LogP contribution < -0.4 is 10.9 Å². The van der Waals surface area contributed by atoms with E-state index in [0.717, 1.165) is 37.9 Å². The first-order valence-corrected chi connectivity index (χ1v) is 9.55. The van der Waals surface area contributed by atoms with Gasteiger partial charge in [-0.2, -0.15) is 20.5 Å². The number of rotatable bonds is 6. The maximum absolute atomic E-state index is 12.5. The molecule has 2 aromatic heterocycles. The smallest absolute Gasteiger partial charge is 0.266 e. The van der Waals surface area contributed by atoms with Gasteiger partial charge >= 0.3 is 0 Å². The number of aromatic nitrogens is 5. The molecule has 1 aliphatic heterocycles. The average Bonchev–Trinajstić information content (AvgIpc) is 3.20. The molecule has 28 heavy (non-hydrogen) atoms. The summed E-state index contributed by atoms with van der Waals surface area (Å²) in [7, 11) is 0. The topological polar surface area (TPSA) is 109 Å². The zero-order valence-electron chi connectivity index (χ0n) is 15.5. The van der Waals surface area contributed by atoms with E-state index in [0.29, 0.717) is 24.2 Å². The second-order valence-electron chi connectivity index (χ2n) is 7.01. The van der Waals surface area contributed by atoms with Gasteiger partial charge in [0.25, 0.3) is 11.5 Å². The Balaban J connectivity index is 1.35. The normalized spacial score (nSPS) is 17.6. The Labute approximate surface area is 161 Å². The highest BCUT2D eigenvalue weighted by Gasteiger charge is 2.23. The maximum Gasteiger partial charge on any atom is 0.266 e. The minimum Gasteiger partial charge on any atom is -0.350 e. The van der Waals surface area contributed by atoms with Crippen LogP contribution in [-0.2, 0) is 6.54 Å². The van der Waals surface area contributed by atoms with E-state index >= 15 is 0 Å². The van der Waals surface area contributed by atoms with Crippen LogP contribution in [0.3, 0.4) is 0 Å². The van der Waals surface area contributed by atoms with E-state index in [1.165, 1.54) is 10.7 Å². The zero-order valence-corrected chi connectivity index (χ0v) is 15.5. The van der Waals surface area contributed by atoms with Gasteiger partial charge in [-0.15, -0.1) is 0 Å². The lowest BCUT2D eigenvalue weighted by atomic mass is 10.0. The Morgan fingerprint density at radius 3 is 2.96 bits per heavy atom. The molecule has 9 nitrogen and oxygen atoms in total. The van der Waals surface area contributed by atoms with Crippen molar-refractivity contribution in [3.05, 3.63) is 52.4 Å². The molecule has 146 valence electrons. The number of piperidine rings is 1. The van der Waals surface area contributed by atoms with E-state index in [9.17, 15) is 9.59 Å². The number of aromatic amines is 1. The van der Waals surface area contributed by atoms with Crippen LogP contribution in [0, 0.1) is 0 Å². The van der Waals surface area contributed by atoms with E-state index < -0.39 is 0 Å². The monoisotopic (exact) mass is 381 g/mol. The number of carbonyl (C=O) groups is 1. The van der Waals surface area contributed by atoms with Gasteiger partial charge < -0.3 is 5.32 Å². The number of hydrogen-bond donors (Lipinski definition) is 2. The molecule has 1 saturated heterocycles. The molecular weight excluding hydrogens is 358 g/mol. The summed E-state index contributed by atoms with van der Waals surface area (Å²) < 4.78 is 1.48. The average molecular weight is 381 g/mol. The molecule has 0 aliphatic carbocycles. The third-order valence-electron chi connectivity index (χ3n) is 5.21. The molecule has 3 heterocycles. The van der Waals surface area contributed by atoms with Crippen LogP contribution in [0.15, 0.2) is 41.3 Å². The Kier molecular flexibility index (Phi) is 5.43. The molecular formula is C19H23N7O2. The number of likely N-dealkylation sites (tertiary alicyclic amines) is 1. The third-order valence-corrected chi connectivity index (χ3v) is 5.21. The molecule has 9 heteroatoms. The highest BCUT2D eigenvalue weighted by molar-refractivity contribution is 5.97. The van der Waals surface area contributed by atoms with Crippen LogP contribution in [0.2, 0.25) is 0 Å². The van der Waals surface area contributed by atoms with Crippen molar-refractivity contribution < 1.29 is 4.79 Å². The summed E-state index contributed by atoms with van der Waals surface area (Å²) in [5.74, 6) is -0.114. The summed E-state index contributed by atoms with van der Waals surface area (Å²) in [6.45, 7) is 2.83. The molecule has 1 unspecified atom stereocenters. The fourth-order valence-electron chi connectivity index (χ4n) is 3.66. The highest BCUT2D eigenvalue weighted by Crippen LogP contribution is 2.17. The maximum atomic E-state index is 12.5. The predicted molar refractivity (Wildman–Crippen MR) is 104 cm³/mol. The largest absolute Gasteiger partial charge is 0.350 e. The van der Waals surface area contributed by atoms with Crippen LogP contribution >= 0.6 is 0 Å². The first-order chi connectivity index (χ1) is 13.7. The molecule has 0 bridgehead atoms. The van der Waals surface area contributed by atoms with Gasteiger partial charge in [-0.05, 0) is 43.7 Å². The minimum absolute atomic E-state index is 0.0902. The first kappa shape index (κ1) is 18.3. The number of H-pyrrole nitrogens is 1. The Hall–Kier alpha value is -3.07. The fourth-order valence-corrected chi connectivity index (χ4v) is 3.66. The van der Waals surface area contributed by atoms with Crippen LogP contribution in [-0.4, -0.2) is 61.7 Å². The molecule has 4 rings (SSSR count). The lowest BCUT2D eigenvalue weighted by Crippen LogP contribution is -2.48. The van der Waals surface area contributed by atoms with Crippen molar-refractivity contribution in [2.45, 2.75) is 31.8 Å². The van der Waals surface area contributed by atoms with E-state index in [4.69, 9.17) is 0 Å². The second kappa shape index (κ2) is 8.30. The van der Waals surface area contributed by atoms with Crippen molar-refractivity contribution in [3.8, 4) is 0 Å². The van der Waals surface area contributed by atoms with Crippen molar-refractivity contribution in [1.29, 1.82) is 0 Å². The van der Waals surface area contributed by atoms with Gasteiger partial charge in [-0.3, -0.25) is 14.5 Å². The number of hydrogen-bond acceptors (Lipinski definition) is 6. The van der Waals surface area contributed by atoms with E-state index in [1.54, 1.807) is 30.5 Å². The van der Waals surface area contributed by atoms with Crippen molar-refractivity contribution in [1.82, 2.24) is 35.4 Å². The summed E-state index contributed by atoms with van der Waals surface area (Å²) in [6.07, 6.45) is 4.93. The van der Waals surface area contributed by atoms with Gasteiger partial charge in [0, 0.05) is 37.0 Å². The van der Waals surface area contributed by atoms with Crippen molar-refractivity contribution in [3.63, 3.8) is 0 Å². The molecule has 2 N–H and O–H groups in total. The number of nitrogens with one attached hydrogen (secondary N) is 2. The van der Waals surface area contributed by atoms with Crippen molar-refractivity contribution >= 4 is 16.9 Å². The first-order valence-electron chi connectivity index (χ1n) is 9.55. The van der Waals surface area contributed by atoms with Gasteiger partial charge in [0.15, 0.2) is 0 Å². The number of nitrogens with zero attached hydrogens (tertiary/aromatic N) is 5. The summed E-state index contributed by atoms with van der Waals surface area (Å²) in [5, 5.41) is 17.7. The van der Waals surface area contributed by atoms with Gasteiger partial charge in [0.05, 0.1) is 6.54 Å². The Morgan fingerprint density at radius 2 is 2.07 bits per heavy atom. The van der Waals surface area contributed by atoms with Crippen LogP contribution in [0.4, 0.5) is 0 Å². The quantitative estimate of drug-likeness (QED) is 0.654. The molecule has 3 aromatic rings. The lowest BCUT2D eigenvalue weighted by molar-refractivity contribution is 0.0909. The van der Waals surface area contributed by atoms with Crippen LogP contribution in [0.1, 0.15) is 29.6 Å². The summed E-state index contributed by atoms with van der Waals surface area (Å²) in [5.41, 5.74) is 1.89. The molecule has 1 amide bonds. The summed E-state index contributed by atoms with van der Waals surface area (Å²) in [6, 6.07) is 8.70. The molecule has 0 saturated carbocycles. The van der Waals surface area contributed by atoms with Gasteiger partial charge in [-0.25, -0.2) is 4.68 Å². The van der Waals surface area contributed by atoms with Gasteiger partial charge in [0.1, 0.15) is 11.0 Å². The van der Waals surface area contributed by atoms with E-state index in [2.05, 4.69) is 30.7 Å². The van der Waals surface area contributed by atoms with E-state index in [-0.39, 0.29) is 17.5 Å². The van der Waals surface area contributed by atoms with Crippen LogP contribution in [0.5, 0.6) is 0 Å². The van der Waals surface area contributed by atoms with Gasteiger partial charge in [-0.1, -0.05) is 6.42 Å².